The lowest BCUT2D eigenvalue weighted by Gasteiger charge is -2.33. The third kappa shape index (κ3) is 1.74. The summed E-state index contributed by atoms with van der Waals surface area (Å²) in [5.41, 5.74) is 1.46. The molecule has 0 spiro atoms. The van der Waals surface area contributed by atoms with Gasteiger partial charge in [-0.15, -0.1) is 11.8 Å². The second kappa shape index (κ2) is 4.23. The van der Waals surface area contributed by atoms with Crippen LogP contribution in [0.2, 0.25) is 0 Å². The fraction of sp³-hybridized carbons (Fsp3) is 0.455. The number of carbonyl (C=O) groups is 2. The van der Waals surface area contributed by atoms with Crippen molar-refractivity contribution in [3.63, 3.8) is 0 Å². The normalized spacial score (nSPS) is 19.3. The van der Waals surface area contributed by atoms with E-state index in [1.807, 2.05) is 6.26 Å². The van der Waals surface area contributed by atoms with Crippen molar-refractivity contribution in [3.8, 4) is 0 Å². The van der Waals surface area contributed by atoms with Crippen LogP contribution in [-0.2, 0) is 14.3 Å². The molecule has 0 aromatic heterocycles. The Morgan fingerprint density at radius 2 is 1.80 bits per heavy atom. The lowest BCUT2D eigenvalue weighted by atomic mass is 9.86. The molecular formula is C11H14O3S. The minimum atomic E-state index is -0.817. The van der Waals surface area contributed by atoms with Gasteiger partial charge >= 0.3 is 5.97 Å². The highest BCUT2D eigenvalue weighted by molar-refractivity contribution is 8.01. The van der Waals surface area contributed by atoms with Crippen molar-refractivity contribution < 1.29 is 14.3 Å². The first kappa shape index (κ1) is 12.0. The molecule has 0 unspecified atom stereocenters. The standard InChI is InChI=1S/C11H14O3S/c1-7-5-9(12)6-8(2)11(7,15-4)10(13)14-3/h5-6H,1-4H3. The third-order valence-corrected chi connectivity index (χ3v) is 4.03. The highest BCUT2D eigenvalue weighted by Gasteiger charge is 2.44. The molecule has 0 atom stereocenters. The van der Waals surface area contributed by atoms with Gasteiger partial charge in [0.15, 0.2) is 10.5 Å². The molecule has 0 aliphatic heterocycles. The molecule has 15 heavy (non-hydrogen) atoms. The van der Waals surface area contributed by atoms with Crippen LogP contribution in [-0.4, -0.2) is 29.9 Å². The Morgan fingerprint density at radius 3 is 2.13 bits per heavy atom. The van der Waals surface area contributed by atoms with Crippen molar-refractivity contribution >= 4 is 23.5 Å². The fourth-order valence-corrected chi connectivity index (χ4v) is 2.87. The largest absolute Gasteiger partial charge is 0.467 e. The van der Waals surface area contributed by atoms with Crippen LogP contribution < -0.4 is 0 Å². The number of carbonyl (C=O) groups excluding carboxylic acids is 2. The maximum Gasteiger partial charge on any atom is 0.330 e. The molecule has 82 valence electrons. The monoisotopic (exact) mass is 226 g/mol. The van der Waals surface area contributed by atoms with Gasteiger partial charge in [-0.05, 0) is 43.4 Å². The van der Waals surface area contributed by atoms with E-state index in [0.717, 1.165) is 11.1 Å². The van der Waals surface area contributed by atoms with Crippen LogP contribution in [0, 0.1) is 0 Å². The smallest absolute Gasteiger partial charge is 0.330 e. The van der Waals surface area contributed by atoms with Crippen molar-refractivity contribution in [2.24, 2.45) is 0 Å². The minimum Gasteiger partial charge on any atom is -0.467 e. The van der Waals surface area contributed by atoms with Crippen molar-refractivity contribution in [1.82, 2.24) is 0 Å². The highest BCUT2D eigenvalue weighted by atomic mass is 32.2. The third-order valence-electron chi connectivity index (χ3n) is 2.61. The summed E-state index contributed by atoms with van der Waals surface area (Å²) in [5.74, 6) is -0.399. The molecular weight excluding hydrogens is 212 g/mol. The van der Waals surface area contributed by atoms with Crippen molar-refractivity contribution in [2.75, 3.05) is 13.4 Å². The van der Waals surface area contributed by atoms with E-state index in [4.69, 9.17) is 4.74 Å². The van der Waals surface area contributed by atoms with Gasteiger partial charge < -0.3 is 4.74 Å². The number of hydrogen-bond acceptors (Lipinski definition) is 4. The topological polar surface area (TPSA) is 43.4 Å². The average molecular weight is 226 g/mol. The second-order valence-electron chi connectivity index (χ2n) is 3.43. The maximum atomic E-state index is 11.8. The number of esters is 1. The van der Waals surface area contributed by atoms with Gasteiger partial charge in [0.05, 0.1) is 7.11 Å². The number of hydrogen-bond donors (Lipinski definition) is 0. The first-order chi connectivity index (χ1) is 6.98. The Bertz CT molecular complexity index is 344. The van der Waals surface area contributed by atoms with Crippen molar-refractivity contribution in [3.05, 3.63) is 23.3 Å². The first-order valence-electron chi connectivity index (χ1n) is 4.54. The molecule has 1 aliphatic carbocycles. The number of ether oxygens (including phenoxy) is 1. The minimum absolute atomic E-state index is 0.0708. The van der Waals surface area contributed by atoms with Gasteiger partial charge in [0, 0.05) is 0 Å². The maximum absolute atomic E-state index is 11.8. The molecule has 4 heteroatoms. The zero-order valence-electron chi connectivity index (χ0n) is 9.29. The summed E-state index contributed by atoms with van der Waals surface area (Å²) in [7, 11) is 1.36. The number of ketones is 1. The summed E-state index contributed by atoms with van der Waals surface area (Å²) < 4.78 is 3.99. The van der Waals surface area contributed by atoms with Gasteiger partial charge in [0.2, 0.25) is 0 Å². The highest BCUT2D eigenvalue weighted by Crippen LogP contribution is 2.41. The van der Waals surface area contributed by atoms with E-state index in [0.29, 0.717) is 0 Å². The number of thioether (sulfide) groups is 1. The van der Waals surface area contributed by atoms with Gasteiger partial charge in [-0.3, -0.25) is 4.79 Å². The van der Waals surface area contributed by atoms with Crippen molar-refractivity contribution in [1.29, 1.82) is 0 Å². The molecule has 0 fully saturated rings. The Labute approximate surface area is 93.6 Å². The summed E-state index contributed by atoms with van der Waals surface area (Å²) in [6.45, 7) is 3.56. The molecule has 1 aliphatic rings. The zero-order chi connectivity index (χ0) is 11.6. The van der Waals surface area contributed by atoms with Crippen LogP contribution in [0.1, 0.15) is 13.8 Å². The number of allylic oxidation sites excluding steroid dienone is 2. The first-order valence-corrected chi connectivity index (χ1v) is 5.76. The predicted molar refractivity (Wildman–Crippen MR) is 60.8 cm³/mol. The van der Waals surface area contributed by atoms with Crippen LogP contribution in [0.3, 0.4) is 0 Å². The van der Waals surface area contributed by atoms with E-state index in [1.54, 1.807) is 13.8 Å². The van der Waals surface area contributed by atoms with E-state index < -0.39 is 4.75 Å². The van der Waals surface area contributed by atoms with Crippen LogP contribution in [0.5, 0.6) is 0 Å². The molecule has 0 saturated carbocycles. The Kier molecular flexibility index (Phi) is 3.39. The lowest BCUT2D eigenvalue weighted by molar-refractivity contribution is -0.141. The van der Waals surface area contributed by atoms with E-state index in [-0.39, 0.29) is 11.8 Å². The van der Waals surface area contributed by atoms with E-state index in [2.05, 4.69) is 0 Å². The van der Waals surface area contributed by atoms with Crippen LogP contribution in [0.4, 0.5) is 0 Å². The Morgan fingerprint density at radius 1 is 1.33 bits per heavy atom. The second-order valence-corrected chi connectivity index (χ2v) is 4.45. The van der Waals surface area contributed by atoms with Gasteiger partial charge in [-0.1, -0.05) is 0 Å². The molecule has 0 N–H and O–H groups in total. The average Bonchev–Trinajstić information content (AvgIpc) is 2.17. The lowest BCUT2D eigenvalue weighted by Crippen LogP contribution is -2.40. The van der Waals surface area contributed by atoms with Gasteiger partial charge in [-0.2, -0.15) is 0 Å². The summed E-state index contributed by atoms with van der Waals surface area (Å²) in [6.07, 6.45) is 4.81. The summed E-state index contributed by atoms with van der Waals surface area (Å²) in [4.78, 5) is 23.1. The van der Waals surface area contributed by atoms with Crippen molar-refractivity contribution in [2.45, 2.75) is 18.6 Å². The Hall–Kier alpha value is -1.03. The SMILES string of the molecule is COC(=O)C1(SC)C(C)=CC(=O)C=C1C. The molecule has 0 aromatic rings. The number of rotatable bonds is 2. The molecule has 0 bridgehead atoms. The van der Waals surface area contributed by atoms with Gasteiger partial charge in [0.25, 0.3) is 0 Å². The number of methoxy groups -OCH3 is 1. The van der Waals surface area contributed by atoms with E-state index >= 15 is 0 Å². The van der Waals surface area contributed by atoms with Gasteiger partial charge in [-0.25, -0.2) is 4.79 Å². The summed E-state index contributed by atoms with van der Waals surface area (Å²) in [6, 6.07) is 0. The summed E-state index contributed by atoms with van der Waals surface area (Å²) >= 11 is 1.38. The van der Waals surface area contributed by atoms with E-state index in [9.17, 15) is 9.59 Å². The molecule has 0 amide bonds. The van der Waals surface area contributed by atoms with Gasteiger partial charge in [0.1, 0.15) is 0 Å². The molecule has 0 aromatic carbocycles. The Balaban J connectivity index is 3.30. The van der Waals surface area contributed by atoms with Crippen LogP contribution in [0.25, 0.3) is 0 Å². The quantitative estimate of drug-likeness (QED) is 0.673. The molecule has 0 heterocycles. The fourth-order valence-electron chi connectivity index (χ4n) is 1.85. The molecule has 1 rings (SSSR count). The van der Waals surface area contributed by atoms with Crippen LogP contribution >= 0.6 is 11.8 Å². The molecule has 0 saturated heterocycles. The van der Waals surface area contributed by atoms with Crippen LogP contribution in [0.15, 0.2) is 23.3 Å². The summed E-state index contributed by atoms with van der Waals surface area (Å²) in [5, 5.41) is 0. The predicted octanol–water partition coefficient (Wildman–Crippen LogP) is 1.74. The molecule has 3 nitrogen and oxygen atoms in total. The zero-order valence-corrected chi connectivity index (χ0v) is 10.1. The van der Waals surface area contributed by atoms with E-state index in [1.165, 1.54) is 31.0 Å². The molecule has 0 radical (unpaired) electrons.